The van der Waals surface area contributed by atoms with Crippen LogP contribution in [0, 0.1) is 11.7 Å². The van der Waals surface area contributed by atoms with E-state index in [9.17, 15) is 14.0 Å². The molecule has 0 bridgehead atoms. The normalized spacial score (nSPS) is 28.1. The molecule has 8 heteroatoms. The SMILES string of the molecule is CN[C@@H](C)C(=O)N[C@H](C(=O)N1CC[C@@H]2[C@H]1[C@@H](c1c[nH]c3cc(F)ccc13)CN2C1CCCCC1)C1CCCCC1. The second-order valence-corrected chi connectivity index (χ2v) is 12.8. The Morgan fingerprint density at radius 2 is 1.75 bits per heavy atom. The highest BCUT2D eigenvalue weighted by molar-refractivity contribution is 5.90. The predicted octanol–water partition coefficient (Wildman–Crippen LogP) is 4.68. The summed E-state index contributed by atoms with van der Waals surface area (Å²) in [5, 5.41) is 7.28. The van der Waals surface area contributed by atoms with E-state index < -0.39 is 6.04 Å². The molecule has 1 aromatic carbocycles. The Balaban J connectivity index is 1.34. The number of nitrogens with zero attached hydrogens (tertiary/aromatic N) is 2. The van der Waals surface area contributed by atoms with Gasteiger partial charge < -0.3 is 20.5 Å². The smallest absolute Gasteiger partial charge is 0.245 e. The van der Waals surface area contributed by atoms with Crippen molar-refractivity contribution >= 4 is 22.7 Å². The summed E-state index contributed by atoms with van der Waals surface area (Å²) in [4.78, 5) is 35.8. The lowest BCUT2D eigenvalue weighted by Gasteiger charge is -2.37. The van der Waals surface area contributed by atoms with Gasteiger partial charge >= 0.3 is 0 Å². The maximum Gasteiger partial charge on any atom is 0.245 e. The number of hydrogen-bond donors (Lipinski definition) is 3. The van der Waals surface area contributed by atoms with Crippen LogP contribution in [0.25, 0.3) is 10.9 Å². The van der Waals surface area contributed by atoms with Crippen LogP contribution in [-0.2, 0) is 9.59 Å². The van der Waals surface area contributed by atoms with Gasteiger partial charge in [0, 0.05) is 48.2 Å². The van der Waals surface area contributed by atoms with Gasteiger partial charge in [0.1, 0.15) is 11.9 Å². The molecule has 40 heavy (non-hydrogen) atoms. The van der Waals surface area contributed by atoms with Crippen molar-refractivity contribution in [3.8, 4) is 0 Å². The number of rotatable bonds is 7. The van der Waals surface area contributed by atoms with Crippen LogP contribution < -0.4 is 10.6 Å². The minimum atomic E-state index is -0.483. The maximum absolute atomic E-state index is 14.6. The number of nitrogens with one attached hydrogen (secondary N) is 3. The van der Waals surface area contributed by atoms with Crippen molar-refractivity contribution in [2.24, 2.45) is 5.92 Å². The van der Waals surface area contributed by atoms with Crippen molar-refractivity contribution in [2.45, 2.75) is 114 Å². The Morgan fingerprint density at radius 1 is 1.02 bits per heavy atom. The number of hydrogen-bond acceptors (Lipinski definition) is 4. The van der Waals surface area contributed by atoms with Crippen LogP contribution >= 0.6 is 0 Å². The summed E-state index contributed by atoms with van der Waals surface area (Å²) in [5.74, 6) is 0.0776. The minimum absolute atomic E-state index is 0.0585. The van der Waals surface area contributed by atoms with Gasteiger partial charge in [-0.2, -0.15) is 0 Å². The lowest BCUT2D eigenvalue weighted by molar-refractivity contribution is -0.139. The third-order valence-electron chi connectivity index (χ3n) is 10.6. The second kappa shape index (κ2) is 11.8. The monoisotopic (exact) mass is 551 g/mol. The molecule has 0 radical (unpaired) electrons. The highest BCUT2D eigenvalue weighted by Gasteiger charge is 2.53. The van der Waals surface area contributed by atoms with Gasteiger partial charge in [0.15, 0.2) is 0 Å². The number of fused-ring (bicyclic) bond motifs is 2. The molecule has 4 fully saturated rings. The van der Waals surface area contributed by atoms with Gasteiger partial charge in [-0.3, -0.25) is 14.5 Å². The fourth-order valence-corrected chi connectivity index (χ4v) is 8.35. The summed E-state index contributed by atoms with van der Waals surface area (Å²) in [5.41, 5.74) is 2.00. The molecular weight excluding hydrogens is 505 g/mol. The van der Waals surface area contributed by atoms with E-state index in [-0.39, 0.29) is 41.6 Å². The van der Waals surface area contributed by atoms with Crippen LogP contribution in [0.3, 0.4) is 0 Å². The average Bonchev–Trinajstić information content (AvgIpc) is 3.70. The molecule has 1 aromatic heterocycles. The summed E-state index contributed by atoms with van der Waals surface area (Å²) in [6.45, 7) is 3.50. The summed E-state index contributed by atoms with van der Waals surface area (Å²) < 4.78 is 14.0. The third kappa shape index (κ3) is 5.18. The van der Waals surface area contributed by atoms with E-state index in [1.807, 2.05) is 19.2 Å². The Morgan fingerprint density at radius 3 is 2.48 bits per heavy atom. The van der Waals surface area contributed by atoms with Crippen molar-refractivity contribution in [1.82, 2.24) is 25.4 Å². The van der Waals surface area contributed by atoms with Crippen LogP contribution in [0.15, 0.2) is 24.4 Å². The number of carbonyl (C=O) groups is 2. The first-order chi connectivity index (χ1) is 19.5. The first kappa shape index (κ1) is 27.7. The molecule has 6 rings (SSSR count). The van der Waals surface area contributed by atoms with E-state index in [1.165, 1.54) is 44.1 Å². The first-order valence-corrected chi connectivity index (χ1v) is 15.8. The van der Waals surface area contributed by atoms with Gasteiger partial charge in [-0.05, 0) is 75.8 Å². The number of aromatic nitrogens is 1. The van der Waals surface area contributed by atoms with Crippen molar-refractivity contribution in [3.63, 3.8) is 0 Å². The predicted molar refractivity (Wildman–Crippen MR) is 156 cm³/mol. The van der Waals surface area contributed by atoms with E-state index in [2.05, 4.69) is 25.4 Å². The summed E-state index contributed by atoms with van der Waals surface area (Å²) >= 11 is 0. The Kier molecular flexibility index (Phi) is 8.18. The molecule has 218 valence electrons. The molecular formula is C32H46FN5O2. The summed E-state index contributed by atoms with van der Waals surface area (Å²) in [7, 11) is 1.78. The lowest BCUT2D eigenvalue weighted by atomic mass is 9.82. The van der Waals surface area contributed by atoms with E-state index in [0.717, 1.165) is 56.1 Å². The van der Waals surface area contributed by atoms with E-state index in [0.29, 0.717) is 12.1 Å². The fourth-order valence-electron chi connectivity index (χ4n) is 8.35. The number of likely N-dealkylation sites (tertiary alicyclic amines) is 2. The molecule has 0 spiro atoms. The molecule has 7 nitrogen and oxygen atoms in total. The third-order valence-corrected chi connectivity index (χ3v) is 10.6. The number of amides is 2. The van der Waals surface area contributed by atoms with E-state index in [1.54, 1.807) is 19.2 Å². The number of likely N-dealkylation sites (N-methyl/N-ethyl adjacent to an activating group) is 1. The molecule has 2 saturated heterocycles. The molecule has 3 heterocycles. The standard InChI is InChI=1S/C32H46FN5O2/c1-20(34-2)31(39)36-29(21-9-5-3-6-10-21)32(40)37-16-15-28-30(37)26(19-38(28)23-11-7-4-8-12-23)25-18-35-27-17-22(33)13-14-24(25)27/h13-14,17-18,20-21,23,26,28-30,34-35H,3-12,15-16,19H2,1-2H3,(H,36,39)/t20-,26+,28+,29-,30+/m0/s1. The van der Waals surface area contributed by atoms with Crippen LogP contribution in [0.1, 0.15) is 89.0 Å². The number of aromatic amines is 1. The van der Waals surface area contributed by atoms with Gasteiger partial charge in [-0.25, -0.2) is 4.39 Å². The number of halogens is 1. The Bertz CT molecular complexity index is 1200. The van der Waals surface area contributed by atoms with Crippen molar-refractivity contribution in [2.75, 3.05) is 20.1 Å². The topological polar surface area (TPSA) is 80.5 Å². The molecule has 2 saturated carbocycles. The highest BCUT2D eigenvalue weighted by Crippen LogP contribution is 2.46. The number of benzene rings is 1. The zero-order valence-corrected chi connectivity index (χ0v) is 24.1. The number of H-pyrrole nitrogens is 1. The van der Waals surface area contributed by atoms with Crippen LogP contribution in [0.2, 0.25) is 0 Å². The zero-order valence-electron chi connectivity index (χ0n) is 24.1. The number of carbonyl (C=O) groups excluding carboxylic acids is 2. The van der Waals surface area contributed by atoms with E-state index >= 15 is 0 Å². The van der Waals surface area contributed by atoms with Gasteiger partial charge in [-0.15, -0.1) is 0 Å². The first-order valence-electron chi connectivity index (χ1n) is 15.8. The molecule has 3 N–H and O–H groups in total. The molecule has 2 aliphatic heterocycles. The Labute approximate surface area is 237 Å². The zero-order chi connectivity index (χ0) is 27.8. The summed E-state index contributed by atoms with van der Waals surface area (Å²) in [6, 6.07) is 5.11. The van der Waals surface area contributed by atoms with Crippen LogP contribution in [-0.4, -0.2) is 76.9 Å². The van der Waals surface area contributed by atoms with Crippen LogP contribution in [0.4, 0.5) is 4.39 Å². The molecule has 5 atom stereocenters. The average molecular weight is 552 g/mol. The van der Waals surface area contributed by atoms with Gasteiger partial charge in [0.25, 0.3) is 0 Å². The molecule has 2 aromatic rings. The van der Waals surface area contributed by atoms with Crippen LogP contribution in [0.5, 0.6) is 0 Å². The van der Waals surface area contributed by atoms with E-state index in [4.69, 9.17) is 0 Å². The summed E-state index contributed by atoms with van der Waals surface area (Å²) in [6.07, 6.45) is 14.7. The molecule has 4 aliphatic rings. The van der Waals surface area contributed by atoms with Crippen molar-refractivity contribution in [1.29, 1.82) is 0 Å². The Hall–Kier alpha value is -2.45. The maximum atomic E-state index is 14.6. The largest absolute Gasteiger partial charge is 0.361 e. The highest BCUT2D eigenvalue weighted by atomic mass is 19.1. The second-order valence-electron chi connectivity index (χ2n) is 12.8. The lowest BCUT2D eigenvalue weighted by Crippen LogP contribution is -2.57. The van der Waals surface area contributed by atoms with Gasteiger partial charge in [0.05, 0.1) is 12.1 Å². The minimum Gasteiger partial charge on any atom is -0.361 e. The molecule has 2 amide bonds. The van der Waals surface area contributed by atoms with Gasteiger partial charge in [0.2, 0.25) is 11.8 Å². The van der Waals surface area contributed by atoms with Crippen molar-refractivity contribution < 1.29 is 14.0 Å². The van der Waals surface area contributed by atoms with Gasteiger partial charge in [-0.1, -0.05) is 38.5 Å². The fraction of sp³-hybridized carbons (Fsp3) is 0.688. The van der Waals surface area contributed by atoms with Crippen molar-refractivity contribution in [3.05, 3.63) is 35.8 Å². The molecule has 0 unspecified atom stereocenters. The molecule has 2 aliphatic carbocycles. The quantitative estimate of drug-likeness (QED) is 0.467.